The second-order valence-corrected chi connectivity index (χ2v) is 4.12. The van der Waals surface area contributed by atoms with Gasteiger partial charge in [0.25, 0.3) is 0 Å². The van der Waals surface area contributed by atoms with Gasteiger partial charge in [-0.15, -0.1) is 0 Å². The fourth-order valence-electron chi connectivity index (χ4n) is 1.45. The molecule has 1 aromatic carbocycles. The summed E-state index contributed by atoms with van der Waals surface area (Å²) < 4.78 is 10.2. The lowest BCUT2D eigenvalue weighted by Crippen LogP contribution is -2.12. The van der Waals surface area contributed by atoms with Crippen LogP contribution in [0.3, 0.4) is 0 Å². The Morgan fingerprint density at radius 1 is 1.44 bits per heavy atom. The molecule has 0 aliphatic carbocycles. The first-order chi connectivity index (χ1) is 8.52. The molecule has 1 atom stereocenters. The summed E-state index contributed by atoms with van der Waals surface area (Å²) in [5.41, 5.74) is 6.63. The van der Waals surface area contributed by atoms with Gasteiger partial charge in [0.15, 0.2) is 11.5 Å². The molecule has 1 aromatic rings. The van der Waals surface area contributed by atoms with Crippen LogP contribution in [0.15, 0.2) is 24.3 Å². The van der Waals surface area contributed by atoms with E-state index in [1.54, 1.807) is 6.07 Å². The Morgan fingerprint density at radius 2 is 2.17 bits per heavy atom. The van der Waals surface area contributed by atoms with E-state index in [0.29, 0.717) is 11.5 Å². The van der Waals surface area contributed by atoms with Crippen LogP contribution in [0.5, 0.6) is 11.5 Å². The Bertz CT molecular complexity index is 439. The highest BCUT2D eigenvalue weighted by Gasteiger charge is 2.06. The van der Waals surface area contributed by atoms with Crippen molar-refractivity contribution in [1.82, 2.24) is 0 Å². The quantitative estimate of drug-likeness (QED) is 0.643. The standard InChI is InChI=1S/C14H19NO3/c1-10(15)5-4-6-12-7-8-13(18-11(2)16)14(9-12)17-3/h4,6-10H,5,15H2,1-3H3/b6-4+. The number of nitrogens with two attached hydrogens (primary N) is 1. The topological polar surface area (TPSA) is 61.6 Å². The van der Waals surface area contributed by atoms with Crippen LogP contribution in [-0.2, 0) is 4.79 Å². The number of methoxy groups -OCH3 is 1. The fraction of sp³-hybridized carbons (Fsp3) is 0.357. The van der Waals surface area contributed by atoms with Crippen LogP contribution in [0.4, 0.5) is 0 Å². The summed E-state index contributed by atoms with van der Waals surface area (Å²) in [6, 6.07) is 5.53. The average Bonchev–Trinajstić information content (AvgIpc) is 2.29. The smallest absolute Gasteiger partial charge is 0.308 e. The van der Waals surface area contributed by atoms with E-state index < -0.39 is 0 Å². The summed E-state index contributed by atoms with van der Waals surface area (Å²) in [6.07, 6.45) is 4.78. The zero-order valence-electron chi connectivity index (χ0n) is 11.0. The molecule has 18 heavy (non-hydrogen) atoms. The molecule has 0 spiro atoms. The molecule has 0 saturated carbocycles. The number of esters is 1. The lowest BCUT2D eigenvalue weighted by Gasteiger charge is -2.08. The molecule has 1 unspecified atom stereocenters. The number of carbonyl (C=O) groups excluding carboxylic acids is 1. The SMILES string of the molecule is COc1cc(/C=C/CC(C)N)ccc1OC(C)=O. The first kappa shape index (κ1) is 14.3. The van der Waals surface area contributed by atoms with Gasteiger partial charge >= 0.3 is 5.97 Å². The molecular weight excluding hydrogens is 230 g/mol. The predicted molar refractivity (Wildman–Crippen MR) is 71.6 cm³/mol. The maximum Gasteiger partial charge on any atom is 0.308 e. The Kier molecular flexibility index (Phi) is 5.39. The van der Waals surface area contributed by atoms with E-state index in [0.717, 1.165) is 12.0 Å². The third-order valence-corrected chi connectivity index (χ3v) is 2.26. The summed E-state index contributed by atoms with van der Waals surface area (Å²) in [4.78, 5) is 10.9. The van der Waals surface area contributed by atoms with Gasteiger partial charge < -0.3 is 15.2 Å². The highest BCUT2D eigenvalue weighted by Crippen LogP contribution is 2.28. The Morgan fingerprint density at radius 3 is 2.72 bits per heavy atom. The molecule has 1 rings (SSSR count). The molecule has 0 aliphatic rings. The van der Waals surface area contributed by atoms with Gasteiger partial charge in [0.1, 0.15) is 0 Å². The van der Waals surface area contributed by atoms with Crippen molar-refractivity contribution < 1.29 is 14.3 Å². The maximum atomic E-state index is 10.9. The number of carbonyl (C=O) groups is 1. The predicted octanol–water partition coefficient (Wildman–Crippen LogP) is 2.37. The molecule has 0 fully saturated rings. The number of rotatable bonds is 5. The second kappa shape index (κ2) is 6.81. The summed E-state index contributed by atoms with van der Waals surface area (Å²) in [6.45, 7) is 3.31. The minimum Gasteiger partial charge on any atom is -0.493 e. The van der Waals surface area contributed by atoms with Crippen molar-refractivity contribution in [3.63, 3.8) is 0 Å². The molecule has 0 heterocycles. The van der Waals surface area contributed by atoms with Crippen LogP contribution < -0.4 is 15.2 Å². The van der Waals surface area contributed by atoms with Crippen molar-refractivity contribution >= 4 is 12.0 Å². The fourth-order valence-corrected chi connectivity index (χ4v) is 1.45. The first-order valence-corrected chi connectivity index (χ1v) is 5.81. The molecule has 0 aromatic heterocycles. The molecule has 2 N–H and O–H groups in total. The van der Waals surface area contributed by atoms with E-state index in [1.165, 1.54) is 14.0 Å². The lowest BCUT2D eigenvalue weighted by molar-refractivity contribution is -0.132. The van der Waals surface area contributed by atoms with Gasteiger partial charge in [-0.25, -0.2) is 0 Å². The largest absolute Gasteiger partial charge is 0.493 e. The van der Waals surface area contributed by atoms with Gasteiger partial charge in [-0.05, 0) is 31.0 Å². The van der Waals surface area contributed by atoms with E-state index in [-0.39, 0.29) is 12.0 Å². The van der Waals surface area contributed by atoms with Gasteiger partial charge in [0.2, 0.25) is 0 Å². The van der Waals surface area contributed by atoms with Crippen molar-refractivity contribution in [3.05, 3.63) is 29.8 Å². The van der Waals surface area contributed by atoms with Crippen LogP contribution in [0.2, 0.25) is 0 Å². The van der Waals surface area contributed by atoms with Crippen LogP contribution in [0, 0.1) is 0 Å². The molecule has 0 aliphatic heterocycles. The maximum absolute atomic E-state index is 10.9. The highest BCUT2D eigenvalue weighted by molar-refractivity contribution is 5.71. The second-order valence-electron chi connectivity index (χ2n) is 4.12. The van der Waals surface area contributed by atoms with Gasteiger partial charge in [-0.1, -0.05) is 18.2 Å². The van der Waals surface area contributed by atoms with Gasteiger partial charge in [-0.2, -0.15) is 0 Å². The third-order valence-electron chi connectivity index (χ3n) is 2.26. The van der Waals surface area contributed by atoms with E-state index >= 15 is 0 Å². The normalized spacial score (nSPS) is 12.4. The van der Waals surface area contributed by atoms with Gasteiger partial charge in [0.05, 0.1) is 7.11 Å². The molecule has 0 radical (unpaired) electrons. The summed E-state index contributed by atoms with van der Waals surface area (Å²) in [5.74, 6) is 0.594. The molecule has 0 bridgehead atoms. The monoisotopic (exact) mass is 249 g/mol. The molecular formula is C14H19NO3. The first-order valence-electron chi connectivity index (χ1n) is 5.81. The van der Waals surface area contributed by atoms with E-state index in [4.69, 9.17) is 15.2 Å². The van der Waals surface area contributed by atoms with Crippen LogP contribution in [-0.4, -0.2) is 19.1 Å². The van der Waals surface area contributed by atoms with Crippen LogP contribution in [0.1, 0.15) is 25.8 Å². The van der Waals surface area contributed by atoms with E-state index in [2.05, 4.69) is 0 Å². The van der Waals surface area contributed by atoms with Crippen molar-refractivity contribution in [3.8, 4) is 11.5 Å². The van der Waals surface area contributed by atoms with Crippen molar-refractivity contribution in [1.29, 1.82) is 0 Å². The molecule has 98 valence electrons. The Labute approximate surface area is 107 Å². The van der Waals surface area contributed by atoms with Crippen molar-refractivity contribution in [2.24, 2.45) is 5.73 Å². The number of benzene rings is 1. The van der Waals surface area contributed by atoms with Crippen LogP contribution >= 0.6 is 0 Å². The summed E-state index contributed by atoms with van der Waals surface area (Å²) in [7, 11) is 1.54. The number of hydrogen-bond donors (Lipinski definition) is 1. The average molecular weight is 249 g/mol. The zero-order valence-corrected chi connectivity index (χ0v) is 11.0. The van der Waals surface area contributed by atoms with Gasteiger partial charge in [0, 0.05) is 13.0 Å². The third kappa shape index (κ3) is 4.59. The minimum atomic E-state index is -0.367. The van der Waals surface area contributed by atoms with Gasteiger partial charge in [-0.3, -0.25) is 4.79 Å². The zero-order chi connectivity index (χ0) is 13.5. The van der Waals surface area contributed by atoms with Crippen LogP contribution in [0.25, 0.3) is 6.08 Å². The lowest BCUT2D eigenvalue weighted by atomic mass is 10.1. The van der Waals surface area contributed by atoms with Crippen molar-refractivity contribution in [2.75, 3.05) is 7.11 Å². The summed E-state index contributed by atoms with van der Waals surface area (Å²) in [5, 5.41) is 0. The van der Waals surface area contributed by atoms with E-state index in [9.17, 15) is 4.79 Å². The summed E-state index contributed by atoms with van der Waals surface area (Å²) >= 11 is 0. The number of ether oxygens (including phenoxy) is 2. The Balaban J connectivity index is 2.84. The number of hydrogen-bond acceptors (Lipinski definition) is 4. The Hall–Kier alpha value is -1.81. The molecule has 4 heteroatoms. The molecule has 0 amide bonds. The highest BCUT2D eigenvalue weighted by atomic mass is 16.6. The molecule has 0 saturated heterocycles. The van der Waals surface area contributed by atoms with Crippen molar-refractivity contribution in [2.45, 2.75) is 26.3 Å². The molecule has 4 nitrogen and oxygen atoms in total. The minimum absolute atomic E-state index is 0.142. The van der Waals surface area contributed by atoms with E-state index in [1.807, 2.05) is 31.2 Å².